The number of alkyl halides is 3. The molecule has 0 bridgehead atoms. The number of hydrogen-bond donors (Lipinski definition) is 1. The van der Waals surface area contributed by atoms with E-state index < -0.39 is 17.6 Å². The fourth-order valence-electron chi connectivity index (χ4n) is 2.33. The van der Waals surface area contributed by atoms with Crippen molar-refractivity contribution in [1.29, 1.82) is 0 Å². The lowest BCUT2D eigenvalue weighted by Gasteiger charge is -2.09. The van der Waals surface area contributed by atoms with Gasteiger partial charge in [-0.3, -0.25) is 9.59 Å². The fourth-order valence-corrected chi connectivity index (χ4v) is 3.14. The summed E-state index contributed by atoms with van der Waals surface area (Å²) in [6, 6.07) is 4.94. The number of benzene rings is 1. The van der Waals surface area contributed by atoms with Gasteiger partial charge in [-0.1, -0.05) is 18.2 Å². The summed E-state index contributed by atoms with van der Waals surface area (Å²) < 4.78 is 38.9. The van der Waals surface area contributed by atoms with Crippen LogP contribution in [0, 0.1) is 0 Å². The lowest BCUT2D eigenvalue weighted by Crippen LogP contribution is -2.10. The minimum atomic E-state index is -4.52. The lowest BCUT2D eigenvalue weighted by molar-refractivity contribution is -0.137. The van der Waals surface area contributed by atoms with Crippen molar-refractivity contribution in [3.05, 3.63) is 63.7 Å². The van der Waals surface area contributed by atoms with Gasteiger partial charge < -0.3 is 5.32 Å². The zero-order valence-corrected chi connectivity index (χ0v) is 15.8. The number of hydrogen-bond acceptors (Lipinski definition) is 6. The van der Waals surface area contributed by atoms with Crippen LogP contribution in [0.4, 0.5) is 19.0 Å². The van der Waals surface area contributed by atoms with Crippen molar-refractivity contribution in [3.8, 4) is 0 Å². The fraction of sp³-hybridized carbons (Fsp3) is 0.167. The highest BCUT2D eigenvalue weighted by atomic mass is 32.1. The standard InChI is InChI=1S/C18H14F3N5O2S/c1-11(27)14-10-29-17(23-14)9-26-22-8-15(25-26)24-16(28)7-6-12-4-2-3-5-13(12)18(19,20)21/h2-8,10H,9H2,1H3,(H,24,25,28)/b7-6-. The number of nitrogens with one attached hydrogen (secondary N) is 1. The minimum Gasteiger partial charge on any atom is -0.304 e. The average molecular weight is 421 g/mol. The molecule has 0 atom stereocenters. The number of nitrogens with zero attached hydrogens (tertiary/aromatic N) is 4. The maximum absolute atomic E-state index is 13.0. The Morgan fingerprint density at radius 1 is 1.28 bits per heavy atom. The van der Waals surface area contributed by atoms with Gasteiger partial charge in [-0.25, -0.2) is 4.98 Å². The number of carbonyl (C=O) groups is 2. The van der Waals surface area contributed by atoms with Crippen LogP contribution in [0.2, 0.25) is 0 Å². The van der Waals surface area contributed by atoms with Crippen LogP contribution in [0.3, 0.4) is 0 Å². The molecule has 2 heterocycles. The van der Waals surface area contributed by atoms with E-state index in [0.717, 1.165) is 18.2 Å². The summed E-state index contributed by atoms with van der Waals surface area (Å²) in [5.74, 6) is -0.665. The van der Waals surface area contributed by atoms with Crippen molar-refractivity contribution < 1.29 is 22.8 Å². The SMILES string of the molecule is CC(=O)c1csc(Cn2ncc(NC(=O)/C=C\c3ccccc3C(F)(F)F)n2)n1. The van der Waals surface area contributed by atoms with Gasteiger partial charge in [-0.15, -0.1) is 16.4 Å². The molecule has 0 fully saturated rings. The average Bonchev–Trinajstić information content (AvgIpc) is 3.29. The molecule has 1 N–H and O–H groups in total. The summed E-state index contributed by atoms with van der Waals surface area (Å²) in [5.41, 5.74) is -0.595. The van der Waals surface area contributed by atoms with Gasteiger partial charge >= 0.3 is 6.18 Å². The number of halogens is 3. The first kappa shape index (κ1) is 20.4. The molecule has 0 aliphatic heterocycles. The molecule has 1 aromatic carbocycles. The molecule has 0 unspecified atom stereocenters. The predicted molar refractivity (Wildman–Crippen MR) is 100 cm³/mol. The molecule has 0 saturated heterocycles. The van der Waals surface area contributed by atoms with Gasteiger partial charge in [-0.2, -0.15) is 23.1 Å². The number of thiazole rings is 1. The molecule has 0 radical (unpaired) electrons. The Morgan fingerprint density at radius 3 is 2.72 bits per heavy atom. The number of aromatic nitrogens is 4. The van der Waals surface area contributed by atoms with E-state index in [1.807, 2.05) is 0 Å². The molecule has 11 heteroatoms. The number of ketones is 1. The summed E-state index contributed by atoms with van der Waals surface area (Å²) in [6.07, 6.45) is -1.14. The van der Waals surface area contributed by atoms with Crippen LogP contribution in [0.25, 0.3) is 6.08 Å². The third-order valence-electron chi connectivity index (χ3n) is 3.66. The van der Waals surface area contributed by atoms with Crippen molar-refractivity contribution in [2.45, 2.75) is 19.6 Å². The van der Waals surface area contributed by atoms with Crippen molar-refractivity contribution in [1.82, 2.24) is 20.0 Å². The first-order chi connectivity index (χ1) is 13.7. The zero-order valence-electron chi connectivity index (χ0n) is 15.0. The molecule has 1 amide bonds. The molecule has 2 aromatic heterocycles. The Morgan fingerprint density at radius 2 is 2.03 bits per heavy atom. The van der Waals surface area contributed by atoms with Gasteiger partial charge in [-0.05, 0) is 17.7 Å². The molecule has 0 saturated carbocycles. The molecular formula is C18H14F3N5O2S. The number of amides is 1. The van der Waals surface area contributed by atoms with Crippen molar-refractivity contribution >= 4 is 34.9 Å². The predicted octanol–water partition coefficient (Wildman–Crippen LogP) is 3.66. The van der Waals surface area contributed by atoms with E-state index in [-0.39, 0.29) is 23.7 Å². The summed E-state index contributed by atoms with van der Waals surface area (Å²) >= 11 is 1.28. The second-order valence-corrected chi connectivity index (χ2v) is 6.79. The maximum atomic E-state index is 13.0. The van der Waals surface area contributed by atoms with Crippen LogP contribution in [0.5, 0.6) is 0 Å². The first-order valence-electron chi connectivity index (χ1n) is 8.23. The normalized spacial score (nSPS) is 11.7. The highest BCUT2D eigenvalue weighted by Crippen LogP contribution is 2.32. The van der Waals surface area contributed by atoms with Crippen LogP contribution < -0.4 is 5.32 Å². The molecule has 0 aliphatic rings. The lowest BCUT2D eigenvalue weighted by atomic mass is 10.1. The zero-order chi connectivity index (χ0) is 21.0. The maximum Gasteiger partial charge on any atom is 0.416 e. The van der Waals surface area contributed by atoms with E-state index in [9.17, 15) is 22.8 Å². The number of carbonyl (C=O) groups excluding carboxylic acids is 2. The third kappa shape index (κ3) is 5.35. The Labute approximate surface area is 166 Å². The van der Waals surface area contributed by atoms with Gasteiger partial charge in [0.25, 0.3) is 0 Å². The number of Topliss-reactive ketones (excluding diaryl/α,β-unsaturated/α-hetero) is 1. The Bertz CT molecular complexity index is 1070. The summed E-state index contributed by atoms with van der Waals surface area (Å²) in [4.78, 5) is 28.7. The molecule has 0 aliphatic carbocycles. The molecule has 0 spiro atoms. The quantitative estimate of drug-likeness (QED) is 0.485. The van der Waals surface area contributed by atoms with E-state index in [1.165, 1.54) is 47.5 Å². The topological polar surface area (TPSA) is 89.8 Å². The summed E-state index contributed by atoms with van der Waals surface area (Å²) in [7, 11) is 0. The van der Waals surface area contributed by atoms with Gasteiger partial charge in [0, 0.05) is 18.4 Å². The van der Waals surface area contributed by atoms with Gasteiger partial charge in [0.2, 0.25) is 5.91 Å². The number of rotatable bonds is 6. The molecule has 3 aromatic rings. The second kappa shape index (κ2) is 8.35. The first-order valence-corrected chi connectivity index (χ1v) is 9.11. The second-order valence-electron chi connectivity index (χ2n) is 5.85. The minimum absolute atomic E-state index is 0.121. The highest BCUT2D eigenvalue weighted by molar-refractivity contribution is 7.09. The van der Waals surface area contributed by atoms with Crippen LogP contribution >= 0.6 is 11.3 Å². The van der Waals surface area contributed by atoms with E-state index in [0.29, 0.717) is 10.7 Å². The van der Waals surface area contributed by atoms with Crippen LogP contribution in [0.1, 0.15) is 33.5 Å². The van der Waals surface area contributed by atoms with Gasteiger partial charge in [0.1, 0.15) is 17.2 Å². The van der Waals surface area contributed by atoms with Crippen LogP contribution in [0.15, 0.2) is 41.9 Å². The van der Waals surface area contributed by atoms with Crippen molar-refractivity contribution in [2.75, 3.05) is 5.32 Å². The van der Waals surface area contributed by atoms with Gasteiger partial charge in [0.05, 0.1) is 11.8 Å². The largest absolute Gasteiger partial charge is 0.416 e. The highest BCUT2D eigenvalue weighted by Gasteiger charge is 2.32. The Balaban J connectivity index is 1.63. The Hall–Kier alpha value is -3.34. The van der Waals surface area contributed by atoms with Crippen molar-refractivity contribution in [3.63, 3.8) is 0 Å². The van der Waals surface area contributed by atoms with Crippen LogP contribution in [-0.4, -0.2) is 31.7 Å². The molecule has 29 heavy (non-hydrogen) atoms. The molecule has 7 nitrogen and oxygen atoms in total. The monoisotopic (exact) mass is 421 g/mol. The van der Waals surface area contributed by atoms with Crippen LogP contribution in [-0.2, 0) is 17.5 Å². The molecular weight excluding hydrogens is 407 g/mol. The summed E-state index contributed by atoms with van der Waals surface area (Å²) in [6.45, 7) is 1.63. The smallest absolute Gasteiger partial charge is 0.304 e. The summed E-state index contributed by atoms with van der Waals surface area (Å²) in [5, 5.41) is 12.7. The van der Waals surface area contributed by atoms with E-state index >= 15 is 0 Å². The van der Waals surface area contributed by atoms with E-state index in [2.05, 4.69) is 20.5 Å². The molecule has 3 rings (SSSR count). The van der Waals surface area contributed by atoms with E-state index in [1.54, 1.807) is 5.38 Å². The Kier molecular flexibility index (Phi) is 5.87. The third-order valence-corrected chi connectivity index (χ3v) is 4.49. The van der Waals surface area contributed by atoms with E-state index in [4.69, 9.17) is 0 Å². The molecule has 150 valence electrons. The van der Waals surface area contributed by atoms with Gasteiger partial charge in [0.15, 0.2) is 11.6 Å². The number of anilines is 1. The van der Waals surface area contributed by atoms with Crippen molar-refractivity contribution in [2.24, 2.45) is 0 Å².